The molecule has 5 rings (SSSR count). The van der Waals surface area contributed by atoms with Crippen LogP contribution in [-0.4, -0.2) is 10.1 Å². The third-order valence-electron chi connectivity index (χ3n) is 5.52. The summed E-state index contributed by atoms with van der Waals surface area (Å²) in [7, 11) is 0. The number of H-pyrrole nitrogens is 1. The van der Waals surface area contributed by atoms with Crippen molar-refractivity contribution in [2.75, 3.05) is 0 Å². The number of fused-ring (bicyclic) bond motifs is 1. The monoisotopic (exact) mass is 463 g/mol. The highest BCUT2D eigenvalue weighted by Crippen LogP contribution is 2.42. The number of aromatic amines is 1. The fraction of sp³-hybridized carbons (Fsp3) is 0.0385. The molecule has 0 atom stereocenters. The van der Waals surface area contributed by atoms with Crippen LogP contribution in [0.4, 0.5) is 13.2 Å². The van der Waals surface area contributed by atoms with E-state index in [9.17, 15) is 23.1 Å². The van der Waals surface area contributed by atoms with Crippen molar-refractivity contribution >= 4 is 21.6 Å². The molecule has 0 aliphatic rings. The summed E-state index contributed by atoms with van der Waals surface area (Å²) < 4.78 is 38.4. The largest absolute Gasteiger partial charge is 0.506 e. The summed E-state index contributed by atoms with van der Waals surface area (Å²) in [6, 6.07) is 21.3. The molecule has 3 aromatic carbocycles. The van der Waals surface area contributed by atoms with Crippen molar-refractivity contribution in [1.82, 2.24) is 4.98 Å². The first-order valence-electron chi connectivity index (χ1n) is 10.0. The molecule has 0 fully saturated rings. The zero-order valence-electron chi connectivity index (χ0n) is 17.0. The highest BCUT2D eigenvalue weighted by molar-refractivity contribution is 7.17. The molecule has 164 valence electrons. The summed E-state index contributed by atoms with van der Waals surface area (Å²) in [5.41, 5.74) is 2.80. The Bertz CT molecular complexity index is 1500. The molecule has 2 aromatic heterocycles. The van der Waals surface area contributed by atoms with Gasteiger partial charge in [-0.2, -0.15) is 13.2 Å². The molecule has 0 saturated heterocycles. The Kier molecular flexibility index (Phi) is 5.06. The van der Waals surface area contributed by atoms with Gasteiger partial charge < -0.3 is 10.1 Å². The molecule has 7 heteroatoms. The average Bonchev–Trinajstić information content (AvgIpc) is 3.23. The number of halogens is 3. The minimum atomic E-state index is -4.37. The molecule has 0 amide bonds. The van der Waals surface area contributed by atoms with E-state index in [4.69, 9.17) is 0 Å². The number of aromatic hydroxyl groups is 1. The molecule has 0 bridgehead atoms. The van der Waals surface area contributed by atoms with Crippen molar-refractivity contribution < 1.29 is 18.3 Å². The first kappa shape index (κ1) is 21.0. The van der Waals surface area contributed by atoms with E-state index in [1.54, 1.807) is 24.3 Å². The molecule has 2 N–H and O–H groups in total. The van der Waals surface area contributed by atoms with Gasteiger partial charge in [0.05, 0.1) is 16.5 Å². The highest BCUT2D eigenvalue weighted by Gasteiger charge is 2.30. The van der Waals surface area contributed by atoms with E-state index in [0.717, 1.165) is 28.8 Å². The third-order valence-corrected chi connectivity index (χ3v) is 6.42. The Morgan fingerprint density at radius 2 is 1.33 bits per heavy atom. The van der Waals surface area contributed by atoms with Gasteiger partial charge >= 0.3 is 6.18 Å². The van der Waals surface area contributed by atoms with Gasteiger partial charge in [0.25, 0.3) is 5.56 Å². The molecular weight excluding hydrogens is 447 g/mol. The van der Waals surface area contributed by atoms with E-state index in [1.807, 2.05) is 35.7 Å². The lowest BCUT2D eigenvalue weighted by atomic mass is 9.98. The molecule has 0 unspecified atom stereocenters. The number of thiophene rings is 1. The van der Waals surface area contributed by atoms with E-state index in [1.165, 1.54) is 23.5 Å². The second-order valence-corrected chi connectivity index (χ2v) is 8.43. The maximum Gasteiger partial charge on any atom is 0.416 e. The molecular formula is C26H16F3NO2S. The molecule has 0 aliphatic heterocycles. The van der Waals surface area contributed by atoms with Crippen molar-refractivity contribution in [2.24, 2.45) is 0 Å². The number of aromatic nitrogens is 1. The number of hydrogen-bond acceptors (Lipinski definition) is 3. The van der Waals surface area contributed by atoms with Gasteiger partial charge in [-0.05, 0) is 34.4 Å². The third kappa shape index (κ3) is 3.81. The maximum atomic E-state index is 12.8. The first-order chi connectivity index (χ1) is 15.8. The predicted octanol–water partition coefficient (Wildman–Crippen LogP) is 7.32. The van der Waals surface area contributed by atoms with Gasteiger partial charge in [0.15, 0.2) is 0 Å². The van der Waals surface area contributed by atoms with Gasteiger partial charge in [-0.1, -0.05) is 66.7 Å². The van der Waals surface area contributed by atoms with Crippen LogP contribution in [-0.2, 0) is 6.18 Å². The lowest BCUT2D eigenvalue weighted by molar-refractivity contribution is -0.137. The quantitative estimate of drug-likeness (QED) is 0.295. The Hall–Kier alpha value is -3.84. The lowest BCUT2D eigenvalue weighted by Crippen LogP contribution is -2.08. The zero-order chi connectivity index (χ0) is 23.2. The Labute approximate surface area is 190 Å². The predicted molar refractivity (Wildman–Crippen MR) is 125 cm³/mol. The van der Waals surface area contributed by atoms with Crippen LogP contribution < -0.4 is 5.56 Å². The number of nitrogens with one attached hydrogen (secondary N) is 1. The molecule has 0 aliphatic carbocycles. The van der Waals surface area contributed by atoms with Crippen LogP contribution >= 0.6 is 11.3 Å². The van der Waals surface area contributed by atoms with Crippen molar-refractivity contribution in [3.63, 3.8) is 0 Å². The van der Waals surface area contributed by atoms with Crippen molar-refractivity contribution in [3.05, 3.63) is 100 Å². The molecule has 33 heavy (non-hydrogen) atoms. The summed E-state index contributed by atoms with van der Waals surface area (Å²) in [5, 5.41) is 13.5. The fourth-order valence-electron chi connectivity index (χ4n) is 3.86. The van der Waals surface area contributed by atoms with Crippen molar-refractivity contribution in [3.8, 4) is 39.1 Å². The van der Waals surface area contributed by atoms with Crippen LogP contribution in [0.2, 0.25) is 0 Å². The molecule has 3 nitrogen and oxygen atoms in total. The number of alkyl halides is 3. The van der Waals surface area contributed by atoms with Crippen LogP contribution in [0, 0.1) is 0 Å². The Balaban J connectivity index is 1.56. The van der Waals surface area contributed by atoms with Crippen molar-refractivity contribution in [2.45, 2.75) is 6.18 Å². The van der Waals surface area contributed by atoms with E-state index < -0.39 is 11.7 Å². The van der Waals surface area contributed by atoms with Crippen LogP contribution in [0.15, 0.2) is 89.0 Å². The SMILES string of the molecule is O=c1[nH]c2scc(-c3ccc(-c4ccc(C(F)(F)F)cc4)cc3)c2c(O)c1-c1ccccc1. The van der Waals surface area contributed by atoms with Crippen molar-refractivity contribution in [1.29, 1.82) is 0 Å². The van der Waals surface area contributed by atoms with Crippen LogP contribution in [0.25, 0.3) is 43.6 Å². The number of benzene rings is 3. The normalized spacial score (nSPS) is 11.7. The van der Waals surface area contributed by atoms with Gasteiger partial charge in [-0.3, -0.25) is 4.79 Å². The maximum absolute atomic E-state index is 12.8. The standard InChI is InChI=1S/C26H16F3NO2S/c27-26(28,29)19-12-10-16(11-13-19)15-6-8-17(9-7-15)20-14-33-25-22(20)23(31)21(24(32)30-25)18-4-2-1-3-5-18/h1-14H,(H2,30,31,32). The lowest BCUT2D eigenvalue weighted by Gasteiger charge is -2.09. The van der Waals surface area contributed by atoms with E-state index in [-0.39, 0.29) is 16.9 Å². The summed E-state index contributed by atoms with van der Waals surface area (Å²) in [5.74, 6) is -0.0805. The molecule has 2 heterocycles. The van der Waals surface area contributed by atoms with Gasteiger partial charge in [0.2, 0.25) is 0 Å². The summed E-state index contributed by atoms with van der Waals surface area (Å²) >= 11 is 1.32. The minimum Gasteiger partial charge on any atom is -0.506 e. The second kappa shape index (κ2) is 7.94. The summed E-state index contributed by atoms with van der Waals surface area (Å²) in [6.07, 6.45) is -4.37. The molecule has 0 saturated carbocycles. The number of hydrogen-bond donors (Lipinski definition) is 2. The van der Waals surface area contributed by atoms with E-state index in [0.29, 0.717) is 21.3 Å². The first-order valence-corrected chi connectivity index (χ1v) is 10.9. The number of pyridine rings is 1. The molecule has 0 radical (unpaired) electrons. The van der Waals surface area contributed by atoms with Gasteiger partial charge in [-0.25, -0.2) is 0 Å². The number of rotatable bonds is 3. The van der Waals surface area contributed by atoms with Gasteiger partial charge in [-0.15, -0.1) is 11.3 Å². The average molecular weight is 463 g/mol. The van der Waals surface area contributed by atoms with Crippen LogP contribution in [0.1, 0.15) is 5.56 Å². The smallest absolute Gasteiger partial charge is 0.416 e. The minimum absolute atomic E-state index is 0.0805. The topological polar surface area (TPSA) is 53.1 Å². The second-order valence-electron chi connectivity index (χ2n) is 7.55. The molecule has 5 aromatic rings. The zero-order valence-corrected chi connectivity index (χ0v) is 17.8. The Morgan fingerprint density at radius 1 is 0.758 bits per heavy atom. The summed E-state index contributed by atoms with van der Waals surface area (Å²) in [6.45, 7) is 0. The van der Waals surface area contributed by atoms with E-state index >= 15 is 0 Å². The van der Waals surface area contributed by atoms with Crippen LogP contribution in [0.3, 0.4) is 0 Å². The van der Waals surface area contributed by atoms with Gasteiger partial charge in [0.1, 0.15) is 10.6 Å². The summed E-state index contributed by atoms with van der Waals surface area (Å²) in [4.78, 5) is 16.0. The highest BCUT2D eigenvalue weighted by atomic mass is 32.1. The molecule has 0 spiro atoms. The van der Waals surface area contributed by atoms with E-state index in [2.05, 4.69) is 4.98 Å². The van der Waals surface area contributed by atoms with Gasteiger partial charge in [0, 0.05) is 10.9 Å². The Morgan fingerprint density at radius 3 is 1.94 bits per heavy atom. The van der Waals surface area contributed by atoms with Crippen LogP contribution in [0.5, 0.6) is 5.75 Å². The fourth-order valence-corrected chi connectivity index (χ4v) is 4.83.